The maximum absolute atomic E-state index is 12.6. The largest absolute Gasteiger partial charge is 0.466 e. The van der Waals surface area contributed by atoms with Crippen LogP contribution in [0.1, 0.15) is 25.5 Å². The molecule has 0 N–H and O–H groups in total. The van der Waals surface area contributed by atoms with Crippen molar-refractivity contribution in [2.24, 2.45) is 5.92 Å². The van der Waals surface area contributed by atoms with Gasteiger partial charge in [0, 0.05) is 24.2 Å². The first-order valence-corrected chi connectivity index (χ1v) is 10.3. The van der Waals surface area contributed by atoms with E-state index >= 15 is 0 Å². The Bertz CT molecular complexity index is 834. The summed E-state index contributed by atoms with van der Waals surface area (Å²) in [6.45, 7) is 4.26. The number of likely N-dealkylation sites (tertiary alicyclic amines) is 1. The van der Waals surface area contributed by atoms with Crippen molar-refractivity contribution in [2.75, 3.05) is 33.3 Å². The third-order valence-corrected chi connectivity index (χ3v) is 5.35. The maximum Gasteiger partial charge on any atom is 0.310 e. The van der Waals surface area contributed by atoms with Crippen LogP contribution < -0.4 is 0 Å². The Morgan fingerprint density at radius 2 is 2.00 bits per heavy atom. The van der Waals surface area contributed by atoms with Gasteiger partial charge in [-0.2, -0.15) is 0 Å². The summed E-state index contributed by atoms with van der Waals surface area (Å²) in [6.07, 6.45) is 1.71. The average molecular weight is 419 g/mol. The zero-order chi connectivity index (χ0) is 20.8. The lowest BCUT2D eigenvalue weighted by atomic mass is 9.98. The van der Waals surface area contributed by atoms with Crippen molar-refractivity contribution in [3.63, 3.8) is 0 Å². The number of nitrogens with zero attached hydrogens (tertiary/aromatic N) is 2. The molecular formula is C22H27ClN2O4. The molecule has 3 rings (SSSR count). The summed E-state index contributed by atoms with van der Waals surface area (Å²) in [5.41, 5.74) is 0.938. The quantitative estimate of drug-likeness (QED) is 0.639. The first kappa shape index (κ1) is 21.4. The molecule has 1 aliphatic heterocycles. The molecule has 0 saturated carbocycles. The number of esters is 1. The van der Waals surface area contributed by atoms with E-state index in [0.29, 0.717) is 30.5 Å². The Kier molecular flexibility index (Phi) is 7.34. The van der Waals surface area contributed by atoms with Crippen molar-refractivity contribution in [2.45, 2.75) is 26.3 Å². The van der Waals surface area contributed by atoms with E-state index in [9.17, 15) is 9.59 Å². The summed E-state index contributed by atoms with van der Waals surface area (Å²) >= 11 is 5.93. The summed E-state index contributed by atoms with van der Waals surface area (Å²) in [6, 6.07) is 11.2. The Hall–Kier alpha value is -2.31. The number of carbonyl (C=O) groups excluding carboxylic acids is 2. The second-order valence-corrected chi connectivity index (χ2v) is 7.79. The molecule has 1 saturated heterocycles. The molecule has 1 amide bonds. The number of amides is 1. The minimum Gasteiger partial charge on any atom is -0.466 e. The van der Waals surface area contributed by atoms with Gasteiger partial charge in [0.25, 0.3) is 0 Å². The number of furan rings is 1. The number of ether oxygens (including phenoxy) is 1. The van der Waals surface area contributed by atoms with Gasteiger partial charge in [-0.1, -0.05) is 11.6 Å². The molecule has 1 aromatic heterocycles. The fraction of sp³-hybridized carbons (Fsp3) is 0.455. The zero-order valence-corrected chi connectivity index (χ0v) is 17.7. The highest BCUT2D eigenvalue weighted by atomic mass is 35.5. The third-order valence-electron chi connectivity index (χ3n) is 5.09. The van der Waals surface area contributed by atoms with Gasteiger partial charge in [0.15, 0.2) is 0 Å². The van der Waals surface area contributed by atoms with E-state index in [1.165, 1.54) is 0 Å². The van der Waals surface area contributed by atoms with Crippen LogP contribution in [0.4, 0.5) is 0 Å². The van der Waals surface area contributed by atoms with E-state index in [-0.39, 0.29) is 24.3 Å². The molecule has 0 spiro atoms. The minimum absolute atomic E-state index is 0.000971. The first-order valence-electron chi connectivity index (χ1n) is 9.94. The fourth-order valence-electron chi connectivity index (χ4n) is 3.52. The highest BCUT2D eigenvalue weighted by Crippen LogP contribution is 2.24. The number of hydrogen-bond donors (Lipinski definition) is 0. The lowest BCUT2D eigenvalue weighted by Gasteiger charge is -2.31. The highest BCUT2D eigenvalue weighted by Gasteiger charge is 2.28. The number of halogens is 1. The molecule has 0 aliphatic carbocycles. The topological polar surface area (TPSA) is 63.0 Å². The van der Waals surface area contributed by atoms with Crippen molar-refractivity contribution in [1.29, 1.82) is 0 Å². The molecule has 2 heterocycles. The molecule has 29 heavy (non-hydrogen) atoms. The van der Waals surface area contributed by atoms with E-state index in [1.807, 2.05) is 48.2 Å². The molecule has 0 bridgehead atoms. The normalized spacial score (nSPS) is 17.1. The molecule has 7 heteroatoms. The van der Waals surface area contributed by atoms with E-state index in [4.69, 9.17) is 20.8 Å². The van der Waals surface area contributed by atoms with Crippen LogP contribution >= 0.6 is 11.6 Å². The minimum atomic E-state index is -0.164. The molecule has 1 aliphatic rings. The summed E-state index contributed by atoms with van der Waals surface area (Å²) < 4.78 is 11.0. The number of piperidine rings is 1. The van der Waals surface area contributed by atoms with Crippen LogP contribution in [-0.4, -0.2) is 55.0 Å². The maximum atomic E-state index is 12.6. The van der Waals surface area contributed by atoms with Crippen LogP contribution in [0.5, 0.6) is 0 Å². The second-order valence-electron chi connectivity index (χ2n) is 7.35. The molecule has 0 radical (unpaired) electrons. The van der Waals surface area contributed by atoms with Gasteiger partial charge in [-0.15, -0.1) is 0 Å². The smallest absolute Gasteiger partial charge is 0.310 e. The summed E-state index contributed by atoms with van der Waals surface area (Å²) in [5, 5.41) is 0.675. The number of rotatable bonds is 7. The van der Waals surface area contributed by atoms with Crippen LogP contribution in [0, 0.1) is 5.92 Å². The van der Waals surface area contributed by atoms with Crippen LogP contribution in [0.25, 0.3) is 11.3 Å². The van der Waals surface area contributed by atoms with Gasteiger partial charge >= 0.3 is 5.97 Å². The Morgan fingerprint density at radius 1 is 1.24 bits per heavy atom. The highest BCUT2D eigenvalue weighted by molar-refractivity contribution is 6.30. The Balaban J connectivity index is 1.53. The van der Waals surface area contributed by atoms with Gasteiger partial charge in [-0.3, -0.25) is 14.5 Å². The van der Waals surface area contributed by atoms with E-state index in [2.05, 4.69) is 0 Å². The molecule has 6 nitrogen and oxygen atoms in total. The van der Waals surface area contributed by atoms with Gasteiger partial charge in [-0.05, 0) is 62.7 Å². The number of likely N-dealkylation sites (N-methyl/N-ethyl adjacent to an activating group) is 1. The van der Waals surface area contributed by atoms with Crippen molar-refractivity contribution in [3.8, 4) is 11.3 Å². The van der Waals surface area contributed by atoms with Gasteiger partial charge in [0.2, 0.25) is 5.91 Å². The summed E-state index contributed by atoms with van der Waals surface area (Å²) in [4.78, 5) is 28.3. The molecule has 1 aromatic carbocycles. The molecule has 1 fully saturated rings. The SMILES string of the molecule is CCOC(=O)[C@H]1CCCN(CC(=O)N(C)Cc2ccc(-c3ccc(Cl)cc3)o2)C1. The predicted molar refractivity (Wildman–Crippen MR) is 111 cm³/mol. The summed E-state index contributed by atoms with van der Waals surface area (Å²) in [7, 11) is 1.76. The second kappa shape index (κ2) is 9.94. The lowest BCUT2D eigenvalue weighted by Crippen LogP contribution is -2.44. The fourth-order valence-corrected chi connectivity index (χ4v) is 3.64. The number of benzene rings is 1. The van der Waals surface area contributed by atoms with E-state index in [1.54, 1.807) is 11.9 Å². The van der Waals surface area contributed by atoms with Gasteiger partial charge < -0.3 is 14.1 Å². The monoisotopic (exact) mass is 418 g/mol. The van der Waals surface area contributed by atoms with Crippen LogP contribution in [-0.2, 0) is 20.9 Å². The Morgan fingerprint density at radius 3 is 2.72 bits per heavy atom. The molecule has 1 atom stereocenters. The van der Waals surface area contributed by atoms with Crippen molar-refractivity contribution in [3.05, 3.63) is 47.2 Å². The summed E-state index contributed by atoms with van der Waals surface area (Å²) in [5.74, 6) is 1.15. The van der Waals surface area contributed by atoms with Crippen LogP contribution in [0.3, 0.4) is 0 Å². The first-order chi connectivity index (χ1) is 14.0. The lowest BCUT2D eigenvalue weighted by molar-refractivity contribution is -0.150. The van der Waals surface area contributed by atoms with Crippen molar-refractivity contribution < 1.29 is 18.7 Å². The van der Waals surface area contributed by atoms with Crippen molar-refractivity contribution >= 4 is 23.5 Å². The van der Waals surface area contributed by atoms with Gasteiger partial charge in [0.05, 0.1) is 25.6 Å². The van der Waals surface area contributed by atoms with E-state index in [0.717, 1.165) is 30.7 Å². The zero-order valence-electron chi connectivity index (χ0n) is 16.9. The molecule has 0 unspecified atom stereocenters. The average Bonchev–Trinajstić information content (AvgIpc) is 3.17. The van der Waals surface area contributed by atoms with Crippen LogP contribution in [0.2, 0.25) is 5.02 Å². The van der Waals surface area contributed by atoms with Crippen molar-refractivity contribution in [1.82, 2.24) is 9.80 Å². The molecular weight excluding hydrogens is 392 g/mol. The predicted octanol–water partition coefficient (Wildman–Crippen LogP) is 3.83. The van der Waals surface area contributed by atoms with Gasteiger partial charge in [-0.25, -0.2) is 0 Å². The van der Waals surface area contributed by atoms with E-state index < -0.39 is 0 Å². The van der Waals surface area contributed by atoms with Crippen LogP contribution in [0.15, 0.2) is 40.8 Å². The number of carbonyl (C=O) groups is 2. The number of hydrogen-bond acceptors (Lipinski definition) is 5. The molecule has 156 valence electrons. The molecule has 2 aromatic rings. The van der Waals surface area contributed by atoms with Gasteiger partial charge in [0.1, 0.15) is 11.5 Å². The standard InChI is InChI=1S/C22H27ClN2O4/c1-3-28-22(27)17-5-4-12-25(13-17)15-21(26)24(2)14-19-10-11-20(29-19)16-6-8-18(23)9-7-16/h6-11,17H,3-5,12-15H2,1-2H3/t17-/m0/s1. The third kappa shape index (κ3) is 5.84. The Labute approximate surface area is 176 Å².